The maximum atomic E-state index is 6.27. The van der Waals surface area contributed by atoms with Gasteiger partial charge in [0.1, 0.15) is 11.5 Å². The van der Waals surface area contributed by atoms with Gasteiger partial charge in [0.05, 0.1) is 36.6 Å². The molecular formula is C25H21ClN6O2. The van der Waals surface area contributed by atoms with Crippen LogP contribution in [0.4, 0.5) is 5.69 Å². The molecule has 1 N–H and O–H groups in total. The summed E-state index contributed by atoms with van der Waals surface area (Å²) in [6.07, 6.45) is 6.88. The average molecular weight is 473 g/mol. The Bertz CT molecular complexity index is 1460. The van der Waals surface area contributed by atoms with Crippen molar-refractivity contribution in [3.63, 3.8) is 0 Å². The Morgan fingerprint density at radius 2 is 1.94 bits per heavy atom. The molecule has 0 bridgehead atoms. The molecule has 0 aliphatic rings. The van der Waals surface area contributed by atoms with E-state index in [2.05, 4.69) is 25.6 Å². The van der Waals surface area contributed by atoms with E-state index in [9.17, 15) is 0 Å². The fraction of sp³-hybridized carbons (Fsp3) is 0.120. The maximum Gasteiger partial charge on any atom is 0.161 e. The van der Waals surface area contributed by atoms with Crippen LogP contribution in [0.3, 0.4) is 0 Å². The van der Waals surface area contributed by atoms with Crippen molar-refractivity contribution in [2.45, 2.75) is 6.54 Å². The molecule has 0 spiro atoms. The largest absolute Gasteiger partial charge is 0.497 e. The molecule has 170 valence electrons. The van der Waals surface area contributed by atoms with E-state index in [1.54, 1.807) is 37.5 Å². The summed E-state index contributed by atoms with van der Waals surface area (Å²) in [7, 11) is 3.28. The van der Waals surface area contributed by atoms with Crippen molar-refractivity contribution >= 4 is 28.2 Å². The molecule has 5 aromatic rings. The molecule has 0 saturated heterocycles. The highest BCUT2D eigenvalue weighted by atomic mass is 35.5. The van der Waals surface area contributed by atoms with Crippen molar-refractivity contribution in [3.05, 3.63) is 83.9 Å². The molecule has 0 aliphatic carbocycles. The number of anilines is 1. The molecular weight excluding hydrogens is 452 g/mol. The lowest BCUT2D eigenvalue weighted by atomic mass is 10.0. The van der Waals surface area contributed by atoms with E-state index in [4.69, 9.17) is 21.1 Å². The Morgan fingerprint density at radius 1 is 1.03 bits per heavy atom. The second kappa shape index (κ2) is 9.36. The second-order valence-corrected chi connectivity index (χ2v) is 7.93. The normalized spacial score (nSPS) is 10.9. The summed E-state index contributed by atoms with van der Waals surface area (Å²) in [4.78, 5) is 4.49. The summed E-state index contributed by atoms with van der Waals surface area (Å²) in [5.74, 6) is 2.18. The minimum atomic E-state index is 0.543. The van der Waals surface area contributed by atoms with Crippen LogP contribution < -0.4 is 14.8 Å². The van der Waals surface area contributed by atoms with Crippen LogP contribution in [-0.4, -0.2) is 39.2 Å². The number of nitrogens with zero attached hydrogens (tertiary/aromatic N) is 5. The minimum absolute atomic E-state index is 0.543. The summed E-state index contributed by atoms with van der Waals surface area (Å²) in [5.41, 5.74) is 4.37. The number of hydrogen-bond donors (Lipinski definition) is 1. The lowest BCUT2D eigenvalue weighted by Crippen LogP contribution is -2.04. The molecule has 0 radical (unpaired) electrons. The molecule has 9 heteroatoms. The Kier molecular flexibility index (Phi) is 5.97. The molecule has 8 nitrogen and oxygen atoms in total. The third-order valence-electron chi connectivity index (χ3n) is 5.47. The molecule has 5 rings (SSSR count). The van der Waals surface area contributed by atoms with Crippen molar-refractivity contribution in [2.75, 3.05) is 19.5 Å². The van der Waals surface area contributed by atoms with Gasteiger partial charge < -0.3 is 14.8 Å². The molecule has 0 fully saturated rings. The van der Waals surface area contributed by atoms with Gasteiger partial charge in [0.25, 0.3) is 0 Å². The van der Waals surface area contributed by atoms with Gasteiger partial charge in [0.2, 0.25) is 0 Å². The molecule has 0 unspecified atom stereocenters. The van der Waals surface area contributed by atoms with Crippen molar-refractivity contribution in [1.82, 2.24) is 25.0 Å². The van der Waals surface area contributed by atoms with Crippen LogP contribution in [-0.2, 0) is 6.54 Å². The highest BCUT2D eigenvalue weighted by Gasteiger charge is 2.13. The summed E-state index contributed by atoms with van der Waals surface area (Å²) in [5, 5.41) is 17.8. The zero-order valence-electron chi connectivity index (χ0n) is 18.6. The fourth-order valence-corrected chi connectivity index (χ4v) is 3.94. The summed E-state index contributed by atoms with van der Waals surface area (Å²) in [6, 6.07) is 15.5. The number of halogens is 1. The number of benzene rings is 2. The van der Waals surface area contributed by atoms with E-state index >= 15 is 0 Å². The first-order valence-corrected chi connectivity index (χ1v) is 10.9. The highest BCUT2D eigenvalue weighted by Crippen LogP contribution is 2.32. The predicted octanol–water partition coefficient (Wildman–Crippen LogP) is 5.16. The van der Waals surface area contributed by atoms with Gasteiger partial charge in [-0.2, -0.15) is 15.3 Å². The first-order chi connectivity index (χ1) is 16.7. The van der Waals surface area contributed by atoms with Crippen LogP contribution in [0, 0.1) is 0 Å². The molecule has 2 aromatic carbocycles. The van der Waals surface area contributed by atoms with Crippen molar-refractivity contribution in [3.8, 4) is 28.4 Å². The summed E-state index contributed by atoms with van der Waals surface area (Å²) in [6.45, 7) is 0.553. The Labute approximate surface area is 201 Å². The van der Waals surface area contributed by atoms with Gasteiger partial charge in [-0.15, -0.1) is 0 Å². The topological polar surface area (TPSA) is 87.0 Å². The number of hydrogen-bond acceptors (Lipinski definition) is 7. The Morgan fingerprint density at radius 3 is 2.74 bits per heavy atom. The Hall–Kier alpha value is -4.17. The zero-order valence-corrected chi connectivity index (χ0v) is 19.3. The third-order valence-corrected chi connectivity index (χ3v) is 5.68. The first kappa shape index (κ1) is 21.7. The molecule has 34 heavy (non-hydrogen) atoms. The summed E-state index contributed by atoms with van der Waals surface area (Å²) < 4.78 is 12.5. The highest BCUT2D eigenvalue weighted by molar-refractivity contribution is 6.30. The van der Waals surface area contributed by atoms with Crippen LogP contribution in [0.1, 0.15) is 5.56 Å². The second-order valence-electron chi connectivity index (χ2n) is 7.50. The molecule has 3 aromatic heterocycles. The lowest BCUT2D eigenvalue weighted by molar-refractivity contribution is 0.391. The van der Waals surface area contributed by atoms with Crippen molar-refractivity contribution < 1.29 is 9.47 Å². The number of pyridine rings is 1. The van der Waals surface area contributed by atoms with Crippen LogP contribution in [0.2, 0.25) is 5.02 Å². The molecule has 0 aliphatic heterocycles. The van der Waals surface area contributed by atoms with Gasteiger partial charge in [-0.3, -0.25) is 0 Å². The monoisotopic (exact) mass is 472 g/mol. The molecule has 0 amide bonds. The Balaban J connectivity index is 1.48. The molecule has 3 heterocycles. The third kappa shape index (κ3) is 4.23. The van der Waals surface area contributed by atoms with E-state index in [1.807, 2.05) is 54.7 Å². The van der Waals surface area contributed by atoms with Gasteiger partial charge in [-0.05, 0) is 42.0 Å². The van der Waals surface area contributed by atoms with Crippen LogP contribution >= 0.6 is 11.6 Å². The smallest absolute Gasteiger partial charge is 0.161 e. The lowest BCUT2D eigenvalue weighted by Gasteiger charge is -2.14. The van der Waals surface area contributed by atoms with E-state index in [-0.39, 0.29) is 0 Å². The maximum absolute atomic E-state index is 6.27. The van der Waals surface area contributed by atoms with E-state index in [0.717, 1.165) is 44.8 Å². The number of ether oxygens (including phenoxy) is 2. The van der Waals surface area contributed by atoms with E-state index in [1.165, 1.54) is 0 Å². The van der Waals surface area contributed by atoms with Crippen LogP contribution in [0.25, 0.3) is 27.8 Å². The average Bonchev–Trinajstić information content (AvgIpc) is 3.41. The molecule has 0 saturated carbocycles. The molecule has 0 atom stereocenters. The first-order valence-electron chi connectivity index (χ1n) is 10.5. The number of methoxy groups -OCH3 is 2. The minimum Gasteiger partial charge on any atom is -0.497 e. The van der Waals surface area contributed by atoms with Gasteiger partial charge >= 0.3 is 0 Å². The number of aromatic nitrogens is 5. The fourth-order valence-electron chi connectivity index (χ4n) is 3.78. The van der Waals surface area contributed by atoms with Gasteiger partial charge in [-0.1, -0.05) is 17.7 Å². The van der Waals surface area contributed by atoms with Crippen molar-refractivity contribution in [2.24, 2.45) is 0 Å². The zero-order chi connectivity index (χ0) is 23.5. The van der Waals surface area contributed by atoms with E-state index < -0.39 is 0 Å². The SMILES string of the molecule is COc1ccc(CNc2cnnc3cc(-c4cc(Cl)cnc4-n4cccn4)ccc23)c(OC)c1. The van der Waals surface area contributed by atoms with Gasteiger partial charge in [0.15, 0.2) is 5.82 Å². The predicted molar refractivity (Wildman–Crippen MR) is 132 cm³/mol. The van der Waals surface area contributed by atoms with Gasteiger partial charge in [-0.25, -0.2) is 9.67 Å². The standard InChI is InChI=1S/C25H21ClN6O2/c1-33-19-6-4-17(24(12-19)34-2)13-27-23-15-29-31-22-10-16(5-7-20(22)23)21-11-18(26)14-28-25(21)32-9-3-8-30-32/h3-12,14-15H,13H2,1-2H3,(H,27,31). The van der Waals surface area contributed by atoms with Crippen LogP contribution in [0.15, 0.2) is 73.3 Å². The van der Waals surface area contributed by atoms with Crippen LogP contribution in [0.5, 0.6) is 11.5 Å². The summed E-state index contributed by atoms with van der Waals surface area (Å²) >= 11 is 6.27. The quantitative estimate of drug-likeness (QED) is 0.350. The van der Waals surface area contributed by atoms with Gasteiger partial charge in [0, 0.05) is 47.7 Å². The number of nitrogens with one attached hydrogen (secondary N) is 1. The van der Waals surface area contributed by atoms with Crippen molar-refractivity contribution in [1.29, 1.82) is 0 Å². The number of rotatable bonds is 7. The number of fused-ring (bicyclic) bond motifs is 1. The van der Waals surface area contributed by atoms with E-state index in [0.29, 0.717) is 17.4 Å².